The van der Waals surface area contributed by atoms with Crippen LogP contribution >= 0.6 is 27.5 Å². The van der Waals surface area contributed by atoms with Gasteiger partial charge < -0.3 is 19.8 Å². The molecule has 7 heteroatoms. The van der Waals surface area contributed by atoms with Crippen molar-refractivity contribution >= 4 is 38.6 Å². The minimum absolute atomic E-state index is 0.444. The molecule has 0 saturated carbocycles. The Labute approximate surface area is 201 Å². The normalized spacial score (nSPS) is 11.1. The molecule has 0 aliphatic carbocycles. The Kier molecular flexibility index (Phi) is 7.68. The molecule has 32 heavy (non-hydrogen) atoms. The second kappa shape index (κ2) is 10.9. The SMILES string of the molecule is COc1cc(CNCCCc2nc3ccccc3[nH]2)c(Br)cc1OCc1ccc(Cl)cc1. The molecule has 2 N–H and O–H groups in total. The molecule has 4 aromatic rings. The van der Waals surface area contributed by atoms with Gasteiger partial charge in [0.05, 0.1) is 18.1 Å². The number of aromatic amines is 1. The second-order valence-corrected chi connectivity index (χ2v) is 8.78. The lowest BCUT2D eigenvalue weighted by atomic mass is 10.2. The van der Waals surface area contributed by atoms with Gasteiger partial charge in [0, 0.05) is 22.5 Å². The van der Waals surface area contributed by atoms with Crippen molar-refractivity contribution < 1.29 is 9.47 Å². The molecule has 0 unspecified atom stereocenters. The van der Waals surface area contributed by atoms with Crippen molar-refractivity contribution in [3.63, 3.8) is 0 Å². The second-order valence-electron chi connectivity index (χ2n) is 7.49. The molecule has 3 aromatic carbocycles. The average molecular weight is 515 g/mol. The summed E-state index contributed by atoms with van der Waals surface area (Å²) in [7, 11) is 1.66. The maximum Gasteiger partial charge on any atom is 0.162 e. The third kappa shape index (κ3) is 5.82. The van der Waals surface area contributed by atoms with E-state index in [1.807, 2.05) is 54.6 Å². The van der Waals surface area contributed by atoms with E-state index in [0.29, 0.717) is 23.1 Å². The van der Waals surface area contributed by atoms with Crippen molar-refractivity contribution in [1.29, 1.82) is 0 Å². The maximum atomic E-state index is 5.98. The van der Waals surface area contributed by atoms with Gasteiger partial charge in [0.25, 0.3) is 0 Å². The Morgan fingerprint density at radius 2 is 1.88 bits per heavy atom. The van der Waals surface area contributed by atoms with Crippen LogP contribution in [0.15, 0.2) is 65.1 Å². The summed E-state index contributed by atoms with van der Waals surface area (Å²) >= 11 is 9.61. The van der Waals surface area contributed by atoms with Crippen LogP contribution in [0.2, 0.25) is 5.02 Å². The van der Waals surface area contributed by atoms with Crippen molar-refractivity contribution in [2.75, 3.05) is 13.7 Å². The Hall–Kier alpha value is -2.54. The van der Waals surface area contributed by atoms with Crippen molar-refractivity contribution in [3.05, 3.63) is 87.1 Å². The molecule has 1 heterocycles. The number of hydrogen-bond donors (Lipinski definition) is 2. The fourth-order valence-electron chi connectivity index (χ4n) is 3.45. The number of nitrogens with zero attached hydrogens (tertiary/aromatic N) is 1. The zero-order valence-electron chi connectivity index (χ0n) is 17.8. The number of nitrogens with one attached hydrogen (secondary N) is 2. The lowest BCUT2D eigenvalue weighted by molar-refractivity contribution is 0.284. The highest BCUT2D eigenvalue weighted by atomic mass is 79.9. The predicted octanol–water partition coefficient (Wildman–Crippen LogP) is 6.29. The summed E-state index contributed by atoms with van der Waals surface area (Å²) in [6.45, 7) is 2.06. The minimum Gasteiger partial charge on any atom is -0.493 e. The predicted molar refractivity (Wildman–Crippen MR) is 133 cm³/mol. The zero-order valence-corrected chi connectivity index (χ0v) is 20.2. The number of fused-ring (bicyclic) bond motifs is 1. The molecule has 0 fully saturated rings. The lowest BCUT2D eigenvalue weighted by Crippen LogP contribution is -2.16. The van der Waals surface area contributed by atoms with E-state index in [9.17, 15) is 0 Å². The van der Waals surface area contributed by atoms with Crippen LogP contribution in [-0.2, 0) is 19.6 Å². The van der Waals surface area contributed by atoms with Crippen LogP contribution in [0.25, 0.3) is 11.0 Å². The third-order valence-corrected chi connectivity index (χ3v) is 6.15. The number of halogens is 2. The topological polar surface area (TPSA) is 59.2 Å². The van der Waals surface area contributed by atoms with Crippen LogP contribution in [0.4, 0.5) is 0 Å². The quantitative estimate of drug-likeness (QED) is 0.244. The summed E-state index contributed by atoms with van der Waals surface area (Å²) in [5, 5.41) is 4.21. The number of aryl methyl sites for hydroxylation is 1. The van der Waals surface area contributed by atoms with E-state index < -0.39 is 0 Å². The van der Waals surface area contributed by atoms with Gasteiger partial charge in [-0.15, -0.1) is 0 Å². The minimum atomic E-state index is 0.444. The Balaban J connectivity index is 1.28. The number of H-pyrrole nitrogens is 1. The van der Waals surface area contributed by atoms with Crippen molar-refractivity contribution in [3.8, 4) is 11.5 Å². The summed E-state index contributed by atoms with van der Waals surface area (Å²) in [4.78, 5) is 8.01. The fraction of sp³-hybridized carbons (Fsp3) is 0.240. The molecule has 4 rings (SSSR count). The van der Waals surface area contributed by atoms with Crippen LogP contribution < -0.4 is 14.8 Å². The number of hydrogen-bond acceptors (Lipinski definition) is 4. The Bertz CT molecular complexity index is 1140. The van der Waals surface area contributed by atoms with Crippen LogP contribution in [0, 0.1) is 0 Å². The third-order valence-electron chi connectivity index (χ3n) is 5.16. The molecule has 0 atom stereocenters. The zero-order chi connectivity index (χ0) is 22.3. The van der Waals surface area contributed by atoms with Crippen LogP contribution in [-0.4, -0.2) is 23.6 Å². The fourth-order valence-corrected chi connectivity index (χ4v) is 4.04. The van der Waals surface area contributed by atoms with E-state index in [-0.39, 0.29) is 0 Å². The molecule has 166 valence electrons. The smallest absolute Gasteiger partial charge is 0.162 e. The van der Waals surface area contributed by atoms with Crippen molar-refractivity contribution in [2.24, 2.45) is 0 Å². The van der Waals surface area contributed by atoms with E-state index in [1.165, 1.54) is 0 Å². The van der Waals surface area contributed by atoms with Crippen molar-refractivity contribution in [2.45, 2.75) is 26.0 Å². The van der Waals surface area contributed by atoms with Crippen LogP contribution in [0.1, 0.15) is 23.4 Å². The standard InChI is InChI=1S/C25H25BrClN3O2/c1-31-23-13-18(20(26)14-24(23)32-16-17-8-10-19(27)11-9-17)15-28-12-4-7-25-29-21-5-2-3-6-22(21)30-25/h2-3,5-6,8-11,13-14,28H,4,7,12,15-16H2,1H3,(H,29,30). The summed E-state index contributed by atoms with van der Waals surface area (Å²) < 4.78 is 12.5. The van der Waals surface area contributed by atoms with Gasteiger partial charge in [-0.3, -0.25) is 0 Å². The van der Waals surface area contributed by atoms with Crippen LogP contribution in [0.5, 0.6) is 11.5 Å². The number of rotatable bonds is 10. The first-order chi connectivity index (χ1) is 15.6. The monoisotopic (exact) mass is 513 g/mol. The number of imidazole rings is 1. The largest absolute Gasteiger partial charge is 0.493 e. The first kappa shape index (κ1) is 22.6. The molecule has 0 spiro atoms. The van der Waals surface area contributed by atoms with E-state index >= 15 is 0 Å². The summed E-state index contributed by atoms with van der Waals surface area (Å²) in [6, 6.07) is 19.7. The Morgan fingerprint density at radius 3 is 2.66 bits per heavy atom. The van der Waals surface area contributed by atoms with Gasteiger partial charge in [0.2, 0.25) is 0 Å². The van der Waals surface area contributed by atoms with Gasteiger partial charge in [-0.1, -0.05) is 51.8 Å². The summed E-state index contributed by atoms with van der Waals surface area (Å²) in [5.74, 6) is 2.43. The van der Waals surface area contributed by atoms with Gasteiger partial charge in [-0.25, -0.2) is 4.98 Å². The number of ether oxygens (including phenoxy) is 2. The number of aromatic nitrogens is 2. The van der Waals surface area contributed by atoms with E-state index in [2.05, 4.69) is 37.3 Å². The molecule has 1 aromatic heterocycles. The van der Waals surface area contributed by atoms with Gasteiger partial charge in [-0.2, -0.15) is 0 Å². The van der Waals surface area contributed by atoms with E-state index in [0.717, 1.165) is 58.4 Å². The number of methoxy groups -OCH3 is 1. The molecular formula is C25H25BrClN3O2. The van der Waals surface area contributed by atoms with E-state index in [1.54, 1.807) is 7.11 Å². The summed E-state index contributed by atoms with van der Waals surface area (Å²) in [6.07, 6.45) is 1.90. The van der Waals surface area contributed by atoms with Gasteiger partial charge >= 0.3 is 0 Å². The molecule has 0 aliphatic heterocycles. The van der Waals surface area contributed by atoms with Gasteiger partial charge in [0.15, 0.2) is 11.5 Å². The first-order valence-corrected chi connectivity index (χ1v) is 11.7. The van der Waals surface area contributed by atoms with Crippen molar-refractivity contribution in [1.82, 2.24) is 15.3 Å². The molecule has 0 aliphatic rings. The molecule has 5 nitrogen and oxygen atoms in total. The Morgan fingerprint density at radius 1 is 1.06 bits per heavy atom. The van der Waals surface area contributed by atoms with Gasteiger partial charge in [0.1, 0.15) is 12.4 Å². The lowest BCUT2D eigenvalue weighted by Gasteiger charge is -2.14. The molecule has 0 bridgehead atoms. The highest BCUT2D eigenvalue weighted by Gasteiger charge is 2.11. The summed E-state index contributed by atoms with van der Waals surface area (Å²) in [5.41, 5.74) is 4.27. The molecule has 0 amide bonds. The number of para-hydroxylation sites is 2. The maximum absolute atomic E-state index is 5.98. The van der Waals surface area contributed by atoms with Crippen LogP contribution in [0.3, 0.4) is 0 Å². The molecule has 0 saturated heterocycles. The molecular weight excluding hydrogens is 490 g/mol. The first-order valence-electron chi connectivity index (χ1n) is 10.5. The highest BCUT2D eigenvalue weighted by molar-refractivity contribution is 9.10. The number of benzene rings is 3. The van der Waals surface area contributed by atoms with E-state index in [4.69, 9.17) is 21.1 Å². The van der Waals surface area contributed by atoms with Gasteiger partial charge in [-0.05, 0) is 60.5 Å². The average Bonchev–Trinajstić information content (AvgIpc) is 3.22. The molecule has 0 radical (unpaired) electrons. The highest BCUT2D eigenvalue weighted by Crippen LogP contribution is 2.34.